The average Bonchev–Trinajstić information content (AvgIpc) is 2.86. The van der Waals surface area contributed by atoms with E-state index in [1.165, 1.54) is 5.56 Å². The summed E-state index contributed by atoms with van der Waals surface area (Å²) in [6.45, 7) is 5.68. The van der Waals surface area contributed by atoms with Crippen molar-refractivity contribution in [2.75, 3.05) is 27.2 Å². The van der Waals surface area contributed by atoms with Gasteiger partial charge in [-0.15, -0.1) is 24.0 Å². The van der Waals surface area contributed by atoms with E-state index >= 15 is 0 Å². The predicted octanol–water partition coefficient (Wildman–Crippen LogP) is 2.50. The Hall–Kier alpha value is -0.340. The summed E-state index contributed by atoms with van der Waals surface area (Å²) in [5, 5.41) is 10.8. The van der Waals surface area contributed by atoms with E-state index in [9.17, 15) is 0 Å². The molecule has 2 N–H and O–H groups in total. The highest BCUT2D eigenvalue weighted by molar-refractivity contribution is 14.0. The van der Waals surface area contributed by atoms with E-state index in [1.807, 2.05) is 13.8 Å². The number of aliphatic imine (C=N–C) groups is 1. The second-order valence-electron chi connectivity index (χ2n) is 4.70. The zero-order valence-electron chi connectivity index (χ0n) is 12.0. The number of hydrogen-bond donors (Lipinski definition) is 2. The molecule has 0 bridgehead atoms. The van der Waals surface area contributed by atoms with Gasteiger partial charge < -0.3 is 15.4 Å². The second-order valence-corrected chi connectivity index (χ2v) is 5.48. The molecule has 0 unspecified atom stereocenters. The molecule has 0 saturated heterocycles. The predicted molar refractivity (Wildman–Crippen MR) is 93.9 cm³/mol. The number of thiophene rings is 1. The van der Waals surface area contributed by atoms with Crippen LogP contribution in [0.25, 0.3) is 0 Å². The Morgan fingerprint density at radius 2 is 2.16 bits per heavy atom. The first-order chi connectivity index (χ1) is 8.57. The third-order valence-electron chi connectivity index (χ3n) is 2.74. The molecule has 4 nitrogen and oxygen atoms in total. The average molecular weight is 397 g/mol. The van der Waals surface area contributed by atoms with Crippen molar-refractivity contribution >= 4 is 41.3 Å². The minimum absolute atomic E-state index is 0. The maximum Gasteiger partial charge on any atom is 0.191 e. The van der Waals surface area contributed by atoms with E-state index in [0.717, 1.165) is 25.5 Å². The molecular weight excluding hydrogens is 373 g/mol. The Kier molecular flexibility index (Phi) is 9.38. The molecule has 0 aliphatic rings. The molecule has 0 saturated carbocycles. The number of rotatable bonds is 6. The molecule has 1 rings (SSSR count). The van der Waals surface area contributed by atoms with Gasteiger partial charge in [0, 0.05) is 27.2 Å². The zero-order valence-corrected chi connectivity index (χ0v) is 15.2. The van der Waals surface area contributed by atoms with Crippen LogP contribution in [0.4, 0.5) is 0 Å². The molecule has 1 aromatic rings. The van der Waals surface area contributed by atoms with E-state index in [4.69, 9.17) is 4.74 Å². The van der Waals surface area contributed by atoms with Crippen LogP contribution in [0.2, 0.25) is 0 Å². The van der Waals surface area contributed by atoms with Gasteiger partial charge >= 0.3 is 0 Å². The van der Waals surface area contributed by atoms with Gasteiger partial charge in [-0.2, -0.15) is 11.3 Å². The highest BCUT2D eigenvalue weighted by Crippen LogP contribution is 2.06. The maximum atomic E-state index is 5.35. The number of nitrogens with zero attached hydrogens (tertiary/aromatic N) is 1. The molecule has 19 heavy (non-hydrogen) atoms. The minimum Gasteiger partial charge on any atom is -0.377 e. The van der Waals surface area contributed by atoms with Crippen molar-refractivity contribution in [2.45, 2.75) is 25.9 Å². The highest BCUT2D eigenvalue weighted by atomic mass is 127. The summed E-state index contributed by atoms with van der Waals surface area (Å²) in [5.74, 6) is 0.815. The van der Waals surface area contributed by atoms with Crippen LogP contribution in [0.1, 0.15) is 19.4 Å². The molecule has 0 aromatic carbocycles. The van der Waals surface area contributed by atoms with Gasteiger partial charge in [0.1, 0.15) is 0 Å². The Balaban J connectivity index is 0.00000324. The summed E-state index contributed by atoms with van der Waals surface area (Å²) in [6, 6.07) is 2.15. The maximum absolute atomic E-state index is 5.35. The third-order valence-corrected chi connectivity index (χ3v) is 3.48. The van der Waals surface area contributed by atoms with Gasteiger partial charge in [0.25, 0.3) is 0 Å². The topological polar surface area (TPSA) is 45.7 Å². The van der Waals surface area contributed by atoms with E-state index < -0.39 is 0 Å². The molecule has 0 atom stereocenters. The lowest BCUT2D eigenvalue weighted by molar-refractivity contribution is 0.0268. The van der Waals surface area contributed by atoms with E-state index in [0.29, 0.717) is 0 Å². The van der Waals surface area contributed by atoms with Gasteiger partial charge in [0.05, 0.1) is 5.60 Å². The van der Waals surface area contributed by atoms with Gasteiger partial charge in [-0.1, -0.05) is 0 Å². The van der Waals surface area contributed by atoms with Crippen molar-refractivity contribution in [3.05, 3.63) is 22.4 Å². The molecule has 6 heteroatoms. The summed E-state index contributed by atoms with van der Waals surface area (Å²) >= 11 is 1.73. The van der Waals surface area contributed by atoms with E-state index in [1.54, 1.807) is 25.5 Å². The lowest BCUT2D eigenvalue weighted by atomic mass is 10.1. The molecule has 0 fully saturated rings. The zero-order chi connectivity index (χ0) is 13.4. The van der Waals surface area contributed by atoms with Crippen LogP contribution >= 0.6 is 35.3 Å². The summed E-state index contributed by atoms with van der Waals surface area (Å²) in [7, 11) is 3.49. The van der Waals surface area contributed by atoms with E-state index in [-0.39, 0.29) is 29.6 Å². The number of nitrogens with one attached hydrogen (secondary N) is 2. The molecule has 1 heterocycles. The lowest BCUT2D eigenvalue weighted by Crippen LogP contribution is -2.45. The Morgan fingerprint density at radius 1 is 1.42 bits per heavy atom. The van der Waals surface area contributed by atoms with Gasteiger partial charge in [-0.05, 0) is 42.7 Å². The van der Waals surface area contributed by atoms with Crippen LogP contribution < -0.4 is 10.6 Å². The van der Waals surface area contributed by atoms with E-state index in [2.05, 4.69) is 32.5 Å². The van der Waals surface area contributed by atoms with Crippen molar-refractivity contribution in [2.24, 2.45) is 4.99 Å². The minimum atomic E-state index is -0.190. The molecule has 0 aliphatic carbocycles. The van der Waals surface area contributed by atoms with Crippen LogP contribution in [0, 0.1) is 0 Å². The fraction of sp³-hybridized carbons (Fsp3) is 0.615. The number of ether oxygens (including phenoxy) is 1. The molecule has 1 aromatic heterocycles. The second kappa shape index (κ2) is 9.55. The van der Waals surface area contributed by atoms with Crippen molar-refractivity contribution < 1.29 is 4.74 Å². The molecule has 0 spiro atoms. The number of halogens is 1. The SMILES string of the molecule is CN=C(NCCc1ccsc1)NCC(C)(C)OC.I. The first-order valence-electron chi connectivity index (χ1n) is 6.08. The van der Waals surface area contributed by atoms with Crippen LogP contribution in [-0.2, 0) is 11.2 Å². The lowest BCUT2D eigenvalue weighted by Gasteiger charge is -2.24. The van der Waals surface area contributed by atoms with Crippen LogP contribution in [0.5, 0.6) is 0 Å². The van der Waals surface area contributed by atoms with Crippen LogP contribution in [-0.4, -0.2) is 38.8 Å². The van der Waals surface area contributed by atoms with Crippen LogP contribution in [0.3, 0.4) is 0 Å². The smallest absolute Gasteiger partial charge is 0.191 e. The summed E-state index contributed by atoms with van der Waals surface area (Å²) < 4.78 is 5.35. The first-order valence-corrected chi connectivity index (χ1v) is 7.02. The van der Waals surface area contributed by atoms with Gasteiger partial charge in [0.15, 0.2) is 5.96 Å². The normalized spacial score (nSPS) is 11.9. The highest BCUT2D eigenvalue weighted by Gasteiger charge is 2.16. The molecule has 110 valence electrons. The fourth-order valence-corrected chi connectivity index (χ4v) is 2.05. The largest absolute Gasteiger partial charge is 0.377 e. The number of hydrogen-bond acceptors (Lipinski definition) is 3. The molecular formula is C13H24IN3OS. The van der Waals surface area contributed by atoms with Crippen LogP contribution in [0.15, 0.2) is 21.8 Å². The third kappa shape index (κ3) is 7.74. The van der Waals surface area contributed by atoms with Crippen molar-refractivity contribution in [3.63, 3.8) is 0 Å². The summed E-state index contributed by atoms with van der Waals surface area (Å²) in [6.07, 6.45) is 1.01. The van der Waals surface area contributed by atoms with Gasteiger partial charge in [0.2, 0.25) is 0 Å². The Morgan fingerprint density at radius 3 is 2.68 bits per heavy atom. The fourth-order valence-electron chi connectivity index (χ4n) is 1.35. The van der Waals surface area contributed by atoms with Gasteiger partial charge in [-0.3, -0.25) is 4.99 Å². The van der Waals surface area contributed by atoms with Crippen molar-refractivity contribution in [1.29, 1.82) is 0 Å². The number of methoxy groups -OCH3 is 1. The Labute approximate surface area is 137 Å². The summed E-state index contributed by atoms with van der Waals surface area (Å²) in [4.78, 5) is 4.19. The monoisotopic (exact) mass is 397 g/mol. The van der Waals surface area contributed by atoms with Crippen molar-refractivity contribution in [3.8, 4) is 0 Å². The number of guanidine groups is 1. The standard InChI is InChI=1S/C13H23N3OS.HI/c1-13(2,17-4)10-16-12(14-3)15-7-5-11-6-8-18-9-11;/h6,8-9H,5,7,10H2,1-4H3,(H2,14,15,16);1H. The summed E-state index contributed by atoms with van der Waals surface area (Å²) in [5.41, 5.74) is 1.17. The van der Waals surface area contributed by atoms with Crippen molar-refractivity contribution in [1.82, 2.24) is 10.6 Å². The van der Waals surface area contributed by atoms with Gasteiger partial charge in [-0.25, -0.2) is 0 Å². The first kappa shape index (κ1) is 18.7. The quantitative estimate of drug-likeness (QED) is 0.441. The Bertz CT molecular complexity index is 366. The molecule has 0 amide bonds. The molecule has 0 radical (unpaired) electrons. The molecule has 0 aliphatic heterocycles.